The van der Waals surface area contributed by atoms with E-state index in [1.807, 2.05) is 6.92 Å². The largest absolute Gasteiger partial charge is 0.493 e. The quantitative estimate of drug-likeness (QED) is 0.644. The predicted octanol–water partition coefficient (Wildman–Crippen LogP) is 1.15. The third kappa shape index (κ3) is 1.94. The number of hydrogen-bond donors (Lipinski definition) is 2. The van der Waals surface area contributed by atoms with Gasteiger partial charge in [0.2, 0.25) is 5.78 Å². The molecule has 1 aliphatic heterocycles. The number of rotatable bonds is 1. The zero-order valence-corrected chi connectivity index (χ0v) is 16.9. The van der Waals surface area contributed by atoms with Crippen molar-refractivity contribution in [1.82, 2.24) is 0 Å². The molecule has 0 aromatic heterocycles. The molecule has 0 spiro atoms. The van der Waals surface area contributed by atoms with Gasteiger partial charge in [0.15, 0.2) is 11.5 Å². The van der Waals surface area contributed by atoms with E-state index in [2.05, 4.69) is 0 Å². The lowest BCUT2D eigenvalue weighted by atomic mass is 9.38. The molecule has 7 heteroatoms. The van der Waals surface area contributed by atoms with Gasteiger partial charge in [0.25, 0.3) is 0 Å². The average molecular weight is 392 g/mol. The molecule has 2 saturated carbocycles. The molecule has 154 valence electrons. The van der Waals surface area contributed by atoms with Crippen molar-refractivity contribution in [1.29, 1.82) is 0 Å². The van der Waals surface area contributed by atoms with Crippen LogP contribution in [0.15, 0.2) is 11.3 Å². The summed E-state index contributed by atoms with van der Waals surface area (Å²) in [5.74, 6) is -2.50. The van der Waals surface area contributed by atoms with Crippen molar-refractivity contribution in [3.63, 3.8) is 0 Å². The number of hydrogen-bond acceptors (Lipinski definition) is 7. The van der Waals surface area contributed by atoms with Crippen molar-refractivity contribution < 1.29 is 34.1 Å². The molecule has 7 nitrogen and oxygen atoms in total. The maximum atomic E-state index is 13.6. The minimum atomic E-state index is -1.66. The van der Waals surface area contributed by atoms with Crippen molar-refractivity contribution >= 4 is 17.5 Å². The van der Waals surface area contributed by atoms with Crippen LogP contribution in [0, 0.1) is 28.6 Å². The van der Waals surface area contributed by atoms with Crippen LogP contribution in [0.4, 0.5) is 0 Å². The summed E-state index contributed by atoms with van der Waals surface area (Å²) < 4.78 is 11.0. The Kier molecular flexibility index (Phi) is 3.96. The summed E-state index contributed by atoms with van der Waals surface area (Å²) in [6, 6.07) is 0. The second kappa shape index (κ2) is 5.66. The molecule has 3 fully saturated rings. The van der Waals surface area contributed by atoms with Gasteiger partial charge in [0.05, 0.1) is 19.4 Å². The Morgan fingerprint density at radius 2 is 1.82 bits per heavy atom. The molecule has 0 radical (unpaired) electrons. The van der Waals surface area contributed by atoms with Crippen LogP contribution in [-0.4, -0.2) is 52.7 Å². The maximum absolute atomic E-state index is 13.6. The smallest absolute Gasteiger partial charge is 0.309 e. The third-order valence-electron chi connectivity index (χ3n) is 8.44. The molecule has 3 aliphatic carbocycles. The number of ether oxygens (including phenoxy) is 2. The molecular weight excluding hydrogens is 364 g/mol. The number of carbonyl (C=O) groups excluding carboxylic acids is 3. The van der Waals surface area contributed by atoms with E-state index in [0.717, 1.165) is 0 Å². The van der Waals surface area contributed by atoms with Crippen LogP contribution in [0.2, 0.25) is 0 Å². The summed E-state index contributed by atoms with van der Waals surface area (Å²) in [6.45, 7) is 7.02. The highest BCUT2D eigenvalue weighted by atomic mass is 16.6. The number of Topliss-reactive ketones (excluding diaryl/α,β-unsaturated/α-hetero) is 2. The first-order chi connectivity index (χ1) is 12.9. The first-order valence-corrected chi connectivity index (χ1v) is 9.88. The van der Waals surface area contributed by atoms with E-state index in [0.29, 0.717) is 18.4 Å². The van der Waals surface area contributed by atoms with Gasteiger partial charge in [-0.3, -0.25) is 14.4 Å². The first kappa shape index (κ1) is 19.6. The van der Waals surface area contributed by atoms with Crippen LogP contribution in [-0.2, 0) is 23.9 Å². The minimum Gasteiger partial charge on any atom is -0.493 e. The van der Waals surface area contributed by atoms with E-state index in [1.54, 1.807) is 20.8 Å². The lowest BCUT2D eigenvalue weighted by Crippen LogP contribution is -2.75. The SMILES string of the molecule is COC1=C(C)C2(O)CC(=O)OC3CC4C(C)CC(O)C(=O)C4(C)C(C1=O)C32C. The van der Waals surface area contributed by atoms with Gasteiger partial charge < -0.3 is 19.7 Å². The molecule has 8 unspecified atom stereocenters. The average Bonchev–Trinajstić information content (AvgIpc) is 2.60. The van der Waals surface area contributed by atoms with Crippen LogP contribution >= 0.6 is 0 Å². The minimum absolute atomic E-state index is 0.000756. The van der Waals surface area contributed by atoms with E-state index < -0.39 is 40.5 Å². The molecule has 2 N–H and O–H groups in total. The summed E-state index contributed by atoms with van der Waals surface area (Å²) in [7, 11) is 1.35. The van der Waals surface area contributed by atoms with Gasteiger partial charge in [-0.2, -0.15) is 0 Å². The Labute approximate surface area is 164 Å². The molecule has 0 aromatic carbocycles. The zero-order chi connectivity index (χ0) is 20.8. The van der Waals surface area contributed by atoms with Gasteiger partial charge in [-0.1, -0.05) is 20.8 Å². The zero-order valence-electron chi connectivity index (χ0n) is 16.9. The van der Waals surface area contributed by atoms with Gasteiger partial charge in [-0.05, 0) is 31.6 Å². The van der Waals surface area contributed by atoms with Crippen LogP contribution in [0.25, 0.3) is 0 Å². The standard InChI is InChI=1S/C21H28O7/c1-9-6-12(22)18(25)19(3)11(9)7-13-20(4)17(19)15(24)16(27-5)10(2)21(20,26)8-14(23)28-13/h9,11-13,17,22,26H,6-8H2,1-5H3. The number of allylic oxidation sites excluding steroid dienone is 1. The van der Waals surface area contributed by atoms with E-state index in [9.17, 15) is 24.6 Å². The number of aliphatic hydroxyl groups is 2. The molecular formula is C21H28O7. The van der Waals surface area contributed by atoms with Crippen LogP contribution in [0.5, 0.6) is 0 Å². The Bertz CT molecular complexity index is 816. The Hall–Kier alpha value is -1.73. The van der Waals surface area contributed by atoms with Gasteiger partial charge in [-0.25, -0.2) is 0 Å². The summed E-state index contributed by atoms with van der Waals surface area (Å²) in [5.41, 5.74) is -3.71. The molecule has 4 aliphatic rings. The molecule has 28 heavy (non-hydrogen) atoms. The summed E-state index contributed by atoms with van der Waals surface area (Å²) in [6.07, 6.45) is -1.45. The van der Waals surface area contributed by atoms with Crippen LogP contribution in [0.1, 0.15) is 47.0 Å². The number of carbonyl (C=O) groups is 3. The topological polar surface area (TPSA) is 110 Å². The molecule has 0 amide bonds. The fourth-order valence-electron chi connectivity index (χ4n) is 6.99. The van der Waals surface area contributed by atoms with Gasteiger partial charge in [0, 0.05) is 16.4 Å². The number of esters is 1. The second-order valence-corrected chi connectivity index (χ2v) is 9.47. The van der Waals surface area contributed by atoms with Crippen LogP contribution < -0.4 is 0 Å². The Morgan fingerprint density at radius 1 is 1.18 bits per heavy atom. The molecule has 1 saturated heterocycles. The van der Waals surface area contributed by atoms with Gasteiger partial charge >= 0.3 is 5.97 Å². The highest BCUT2D eigenvalue weighted by Crippen LogP contribution is 2.68. The Balaban J connectivity index is 2.03. The first-order valence-electron chi connectivity index (χ1n) is 9.88. The van der Waals surface area contributed by atoms with Crippen molar-refractivity contribution in [3.8, 4) is 0 Å². The predicted molar refractivity (Wildman–Crippen MR) is 96.8 cm³/mol. The highest BCUT2D eigenvalue weighted by Gasteiger charge is 2.76. The van der Waals surface area contributed by atoms with E-state index in [1.165, 1.54) is 7.11 Å². The number of aliphatic hydroxyl groups excluding tert-OH is 1. The Morgan fingerprint density at radius 3 is 2.43 bits per heavy atom. The second-order valence-electron chi connectivity index (χ2n) is 9.47. The van der Waals surface area contributed by atoms with Crippen molar-refractivity contribution in [3.05, 3.63) is 11.3 Å². The fraction of sp³-hybridized carbons (Fsp3) is 0.762. The maximum Gasteiger partial charge on any atom is 0.309 e. The lowest BCUT2D eigenvalue weighted by Gasteiger charge is -2.67. The summed E-state index contributed by atoms with van der Waals surface area (Å²) in [5, 5.41) is 22.2. The summed E-state index contributed by atoms with van der Waals surface area (Å²) in [4.78, 5) is 39.3. The van der Waals surface area contributed by atoms with Gasteiger partial charge in [0.1, 0.15) is 17.8 Å². The number of fused-ring (bicyclic) bond motifs is 2. The van der Waals surface area contributed by atoms with Gasteiger partial charge in [-0.15, -0.1) is 0 Å². The molecule has 0 bridgehead atoms. The van der Waals surface area contributed by atoms with E-state index in [-0.39, 0.29) is 35.6 Å². The molecule has 1 heterocycles. The third-order valence-corrected chi connectivity index (χ3v) is 8.44. The fourth-order valence-corrected chi connectivity index (χ4v) is 6.99. The lowest BCUT2D eigenvalue weighted by molar-refractivity contribution is -0.258. The van der Waals surface area contributed by atoms with E-state index in [4.69, 9.17) is 9.47 Å². The normalized spacial score (nSPS) is 50.7. The monoisotopic (exact) mass is 392 g/mol. The molecule has 0 aromatic rings. The van der Waals surface area contributed by atoms with Crippen molar-refractivity contribution in [2.75, 3.05) is 7.11 Å². The van der Waals surface area contributed by atoms with Crippen molar-refractivity contribution in [2.45, 2.75) is 64.8 Å². The highest BCUT2D eigenvalue weighted by molar-refractivity contribution is 6.04. The van der Waals surface area contributed by atoms with Crippen LogP contribution in [0.3, 0.4) is 0 Å². The van der Waals surface area contributed by atoms with E-state index >= 15 is 0 Å². The molecule has 4 rings (SSSR count). The number of methoxy groups -OCH3 is 1. The molecule has 8 atom stereocenters. The van der Waals surface area contributed by atoms with Crippen molar-refractivity contribution in [2.24, 2.45) is 28.6 Å². The number of ketones is 2. The summed E-state index contributed by atoms with van der Waals surface area (Å²) >= 11 is 0.